The molecule has 0 N–H and O–H groups in total. The Balaban J connectivity index is 1.79. The zero-order chi connectivity index (χ0) is 15.2. The molecule has 0 spiro atoms. The van der Waals surface area contributed by atoms with E-state index in [0.29, 0.717) is 25.4 Å². The molecule has 6 heteroatoms. The van der Waals surface area contributed by atoms with Gasteiger partial charge in [-0.3, -0.25) is 4.79 Å². The fraction of sp³-hybridized carbons (Fsp3) is 0.733. The lowest BCUT2D eigenvalue weighted by molar-refractivity contribution is -0.132. The molecule has 0 aliphatic carbocycles. The number of carbonyl (C=O) groups excluding carboxylic acids is 1. The maximum atomic E-state index is 12.4. The van der Waals surface area contributed by atoms with Gasteiger partial charge >= 0.3 is 0 Å². The van der Waals surface area contributed by atoms with Crippen molar-refractivity contribution >= 4 is 5.91 Å². The first kappa shape index (κ1) is 15.9. The molecular weight excluding hydrogens is 271 g/mol. The molecule has 1 aromatic heterocycles. The van der Waals surface area contributed by atoms with Crippen LogP contribution in [-0.2, 0) is 17.8 Å². The van der Waals surface area contributed by atoms with Crippen molar-refractivity contribution in [3.05, 3.63) is 18.2 Å². The molecule has 1 amide bonds. The van der Waals surface area contributed by atoms with E-state index in [-0.39, 0.29) is 5.91 Å². The molecule has 0 bridgehead atoms. The summed E-state index contributed by atoms with van der Waals surface area (Å²) in [6, 6.07) is 0.581. The van der Waals surface area contributed by atoms with Gasteiger partial charge in [-0.15, -0.1) is 0 Å². The second-order valence-electron chi connectivity index (χ2n) is 5.80. The average molecular weight is 296 g/mol. The van der Waals surface area contributed by atoms with Gasteiger partial charge in [-0.25, -0.2) is 9.37 Å². The van der Waals surface area contributed by atoms with Crippen molar-refractivity contribution in [2.24, 2.45) is 0 Å². The fourth-order valence-electron chi connectivity index (χ4n) is 2.87. The summed E-state index contributed by atoms with van der Waals surface area (Å²) >= 11 is 0. The van der Waals surface area contributed by atoms with E-state index < -0.39 is 6.67 Å². The number of amides is 1. The van der Waals surface area contributed by atoms with E-state index in [9.17, 15) is 9.18 Å². The van der Waals surface area contributed by atoms with Crippen molar-refractivity contribution in [2.75, 3.05) is 33.9 Å². The molecule has 1 fully saturated rings. The van der Waals surface area contributed by atoms with Crippen LogP contribution in [0.15, 0.2) is 12.4 Å². The normalized spacial score (nSPS) is 16.7. The number of alkyl halides is 1. The van der Waals surface area contributed by atoms with Crippen LogP contribution < -0.4 is 0 Å². The van der Waals surface area contributed by atoms with Crippen LogP contribution in [0.4, 0.5) is 4.39 Å². The Morgan fingerprint density at radius 2 is 2.14 bits per heavy atom. The van der Waals surface area contributed by atoms with Gasteiger partial charge in [0.1, 0.15) is 12.5 Å². The predicted molar refractivity (Wildman–Crippen MR) is 79.8 cm³/mol. The zero-order valence-corrected chi connectivity index (χ0v) is 13.0. The topological polar surface area (TPSA) is 41.4 Å². The molecule has 0 saturated carbocycles. The largest absolute Gasteiger partial charge is 0.343 e. The molecule has 1 aromatic rings. The standard InChI is InChI=1S/C15H25FN4O/c1-18(2)13-5-9-20(10-6-13)15(21)4-3-14-17-8-12-19(14)11-7-16/h8,12-13H,3-7,9-11H2,1-2H3. The van der Waals surface area contributed by atoms with Crippen molar-refractivity contribution in [1.82, 2.24) is 19.4 Å². The summed E-state index contributed by atoms with van der Waals surface area (Å²) in [5.41, 5.74) is 0. The third kappa shape index (κ3) is 4.27. The monoisotopic (exact) mass is 296 g/mol. The highest BCUT2D eigenvalue weighted by molar-refractivity contribution is 5.76. The Labute approximate surface area is 125 Å². The average Bonchev–Trinajstić information content (AvgIpc) is 2.92. The van der Waals surface area contributed by atoms with E-state index in [1.54, 1.807) is 17.0 Å². The first-order valence-corrected chi connectivity index (χ1v) is 7.62. The summed E-state index contributed by atoms with van der Waals surface area (Å²) in [4.78, 5) is 20.6. The number of hydrogen-bond acceptors (Lipinski definition) is 3. The fourth-order valence-corrected chi connectivity index (χ4v) is 2.87. The molecule has 0 unspecified atom stereocenters. The first-order chi connectivity index (χ1) is 10.1. The van der Waals surface area contributed by atoms with Gasteiger partial charge in [0.2, 0.25) is 5.91 Å². The van der Waals surface area contributed by atoms with E-state index in [1.807, 2.05) is 4.90 Å². The first-order valence-electron chi connectivity index (χ1n) is 7.62. The minimum absolute atomic E-state index is 0.182. The van der Waals surface area contributed by atoms with Crippen LogP contribution in [0.3, 0.4) is 0 Å². The van der Waals surface area contributed by atoms with Gasteiger partial charge in [-0.05, 0) is 26.9 Å². The van der Waals surface area contributed by atoms with E-state index in [0.717, 1.165) is 31.8 Å². The van der Waals surface area contributed by atoms with Crippen LogP contribution in [0.2, 0.25) is 0 Å². The van der Waals surface area contributed by atoms with Crippen LogP contribution in [0, 0.1) is 0 Å². The quantitative estimate of drug-likeness (QED) is 0.795. The number of aryl methyl sites for hydroxylation is 2. The number of carbonyl (C=O) groups is 1. The number of imidazole rings is 1. The van der Waals surface area contributed by atoms with Crippen molar-refractivity contribution in [1.29, 1.82) is 0 Å². The molecule has 21 heavy (non-hydrogen) atoms. The third-order valence-electron chi connectivity index (χ3n) is 4.24. The van der Waals surface area contributed by atoms with E-state index >= 15 is 0 Å². The molecule has 1 saturated heterocycles. The molecule has 0 aromatic carbocycles. The van der Waals surface area contributed by atoms with Crippen LogP contribution in [0.1, 0.15) is 25.1 Å². The number of likely N-dealkylation sites (tertiary alicyclic amines) is 1. The summed E-state index contributed by atoms with van der Waals surface area (Å²) in [5.74, 6) is 0.978. The van der Waals surface area contributed by atoms with Crippen molar-refractivity contribution in [2.45, 2.75) is 38.3 Å². The van der Waals surface area contributed by atoms with Crippen molar-refractivity contribution in [3.8, 4) is 0 Å². The molecular formula is C15H25FN4O. The Morgan fingerprint density at radius 3 is 2.76 bits per heavy atom. The molecule has 0 atom stereocenters. The summed E-state index contributed by atoms with van der Waals surface area (Å²) in [7, 11) is 4.18. The highest BCUT2D eigenvalue weighted by Gasteiger charge is 2.23. The lowest BCUT2D eigenvalue weighted by Crippen LogP contribution is -2.44. The minimum atomic E-state index is -0.407. The van der Waals surface area contributed by atoms with Crippen LogP contribution in [0.25, 0.3) is 0 Å². The van der Waals surface area contributed by atoms with E-state index in [4.69, 9.17) is 0 Å². The summed E-state index contributed by atoms with van der Waals surface area (Å²) in [5, 5.41) is 0. The van der Waals surface area contributed by atoms with Crippen LogP contribution in [-0.4, -0.2) is 65.2 Å². The Morgan fingerprint density at radius 1 is 1.43 bits per heavy atom. The van der Waals surface area contributed by atoms with Crippen LogP contribution >= 0.6 is 0 Å². The molecule has 2 rings (SSSR count). The highest BCUT2D eigenvalue weighted by Crippen LogP contribution is 2.15. The molecule has 1 aliphatic heterocycles. The molecule has 5 nitrogen and oxygen atoms in total. The van der Waals surface area contributed by atoms with Crippen molar-refractivity contribution < 1.29 is 9.18 Å². The number of halogens is 1. The maximum absolute atomic E-state index is 12.4. The van der Waals surface area contributed by atoms with Gasteiger partial charge in [0.15, 0.2) is 0 Å². The highest BCUT2D eigenvalue weighted by atomic mass is 19.1. The third-order valence-corrected chi connectivity index (χ3v) is 4.24. The smallest absolute Gasteiger partial charge is 0.223 e. The number of rotatable bonds is 6. The van der Waals surface area contributed by atoms with Gasteiger partial charge in [0, 0.05) is 44.4 Å². The maximum Gasteiger partial charge on any atom is 0.223 e. The van der Waals surface area contributed by atoms with Crippen LogP contribution in [0.5, 0.6) is 0 Å². The lowest BCUT2D eigenvalue weighted by Gasteiger charge is -2.35. The summed E-state index contributed by atoms with van der Waals surface area (Å²) in [6.07, 6.45) is 6.54. The van der Waals surface area contributed by atoms with Gasteiger partial charge in [-0.2, -0.15) is 0 Å². The Hall–Kier alpha value is -1.43. The second-order valence-corrected chi connectivity index (χ2v) is 5.80. The number of hydrogen-bond donors (Lipinski definition) is 0. The lowest BCUT2D eigenvalue weighted by atomic mass is 10.0. The van der Waals surface area contributed by atoms with Gasteiger partial charge in [-0.1, -0.05) is 0 Å². The van der Waals surface area contributed by atoms with E-state index in [2.05, 4.69) is 24.0 Å². The summed E-state index contributed by atoms with van der Waals surface area (Å²) in [6.45, 7) is 1.58. The number of piperidine rings is 1. The molecule has 1 aliphatic rings. The summed E-state index contributed by atoms with van der Waals surface area (Å²) < 4.78 is 14.2. The Kier molecular flexibility index (Phi) is 5.73. The minimum Gasteiger partial charge on any atom is -0.343 e. The van der Waals surface area contributed by atoms with Crippen molar-refractivity contribution in [3.63, 3.8) is 0 Å². The zero-order valence-electron chi connectivity index (χ0n) is 13.0. The van der Waals surface area contributed by atoms with E-state index in [1.165, 1.54) is 0 Å². The SMILES string of the molecule is CN(C)C1CCN(C(=O)CCc2nccn2CCF)CC1. The number of aromatic nitrogens is 2. The van der Waals surface area contributed by atoms with Gasteiger partial charge in [0.25, 0.3) is 0 Å². The number of nitrogens with zero attached hydrogens (tertiary/aromatic N) is 4. The molecule has 118 valence electrons. The Bertz CT molecular complexity index is 452. The van der Waals surface area contributed by atoms with Gasteiger partial charge in [0.05, 0.1) is 6.54 Å². The second kappa shape index (κ2) is 7.54. The molecule has 0 radical (unpaired) electrons. The van der Waals surface area contributed by atoms with Gasteiger partial charge < -0.3 is 14.4 Å². The molecule has 2 heterocycles. The predicted octanol–water partition coefficient (Wildman–Crippen LogP) is 1.34.